The standard InChI is InChI=1S/C3H2BF2N2/c5-4(6,3-8)1-2-7/h1H2/q-1. The van der Waals surface area contributed by atoms with E-state index in [0.29, 0.717) is 0 Å². The van der Waals surface area contributed by atoms with Gasteiger partial charge in [0.25, 0.3) is 0 Å². The van der Waals surface area contributed by atoms with Crippen LogP contribution in [-0.2, 0) is 0 Å². The molecule has 0 saturated carbocycles. The zero-order valence-corrected chi connectivity index (χ0v) is 3.93. The molecule has 0 aliphatic heterocycles. The molecule has 0 aromatic rings. The smallest absolute Gasteiger partial charge is 0.417 e. The monoisotopic (exact) mass is 115 g/mol. The third-order valence-corrected chi connectivity index (χ3v) is 0.537. The fourth-order valence-corrected chi connectivity index (χ4v) is 0.160. The van der Waals surface area contributed by atoms with E-state index in [1.165, 1.54) is 6.07 Å². The quantitative estimate of drug-likeness (QED) is 0.477. The van der Waals surface area contributed by atoms with Gasteiger partial charge < -0.3 is 8.63 Å². The van der Waals surface area contributed by atoms with Gasteiger partial charge in [-0.25, -0.2) is 10.5 Å². The van der Waals surface area contributed by atoms with E-state index in [1.54, 1.807) is 0 Å². The molecule has 0 aromatic carbocycles. The van der Waals surface area contributed by atoms with E-state index in [4.69, 9.17) is 10.5 Å². The lowest BCUT2D eigenvalue weighted by Gasteiger charge is -2.05. The fraction of sp³-hybridized carbons (Fsp3) is 0.333. The van der Waals surface area contributed by atoms with Gasteiger partial charge in [-0.1, -0.05) is 5.97 Å². The van der Waals surface area contributed by atoms with E-state index < -0.39 is 13.0 Å². The van der Waals surface area contributed by atoms with Gasteiger partial charge in [-0.05, 0) is 6.32 Å². The van der Waals surface area contributed by atoms with Crippen molar-refractivity contribution in [3.8, 4) is 12.0 Å². The maximum absolute atomic E-state index is 11.6. The summed E-state index contributed by atoms with van der Waals surface area (Å²) < 4.78 is 23.3. The second-order valence-electron chi connectivity index (χ2n) is 1.30. The molecular formula is C3H2BF2N2-. The molecule has 8 heavy (non-hydrogen) atoms. The first kappa shape index (κ1) is 6.90. The van der Waals surface area contributed by atoms with Crippen molar-refractivity contribution < 1.29 is 8.63 Å². The molecule has 0 rings (SSSR count). The number of nitrogens with zero attached hydrogens (tertiary/aromatic N) is 2. The Bertz CT molecular complexity index is 154. The Morgan fingerprint density at radius 2 is 1.88 bits per heavy atom. The van der Waals surface area contributed by atoms with Gasteiger partial charge in [0.05, 0.1) is 0 Å². The van der Waals surface area contributed by atoms with Crippen LogP contribution in [0.15, 0.2) is 0 Å². The highest BCUT2D eigenvalue weighted by molar-refractivity contribution is 6.74. The molecule has 2 nitrogen and oxygen atoms in total. The second kappa shape index (κ2) is 2.27. The summed E-state index contributed by atoms with van der Waals surface area (Å²) >= 11 is 0. The van der Waals surface area contributed by atoms with Crippen LogP contribution < -0.4 is 0 Å². The predicted octanol–water partition coefficient (Wildman–Crippen LogP) is 0.954. The molecule has 0 atom stereocenters. The minimum absolute atomic E-state index is 0.749. The molecule has 0 aromatic heterocycles. The van der Waals surface area contributed by atoms with E-state index in [-0.39, 0.29) is 0 Å². The largest absolute Gasteiger partial charge is 0.464 e. The van der Waals surface area contributed by atoms with Gasteiger partial charge >= 0.3 is 6.70 Å². The second-order valence-corrected chi connectivity index (χ2v) is 1.30. The van der Waals surface area contributed by atoms with Crippen LogP contribution >= 0.6 is 0 Å². The summed E-state index contributed by atoms with van der Waals surface area (Å²) in [5.41, 5.74) is 0. The lowest BCUT2D eigenvalue weighted by molar-refractivity contribution is 0.634. The number of nitriles is 2. The van der Waals surface area contributed by atoms with Gasteiger partial charge in [0.15, 0.2) is 0 Å². The van der Waals surface area contributed by atoms with Gasteiger partial charge in [0.1, 0.15) is 0 Å². The lowest BCUT2D eigenvalue weighted by atomic mass is 9.64. The van der Waals surface area contributed by atoms with Crippen LogP contribution in [0.1, 0.15) is 0 Å². The summed E-state index contributed by atoms with van der Waals surface area (Å²) in [6, 6.07) is 1.21. The zero-order valence-electron chi connectivity index (χ0n) is 3.93. The van der Waals surface area contributed by atoms with Crippen molar-refractivity contribution in [1.82, 2.24) is 0 Å². The van der Waals surface area contributed by atoms with Crippen molar-refractivity contribution in [2.45, 2.75) is 6.32 Å². The summed E-state index contributed by atoms with van der Waals surface area (Å²) in [5.74, 6) is 0.749. The topological polar surface area (TPSA) is 47.6 Å². The zero-order chi connectivity index (χ0) is 6.62. The summed E-state index contributed by atoms with van der Waals surface area (Å²) in [5, 5.41) is 15.3. The maximum atomic E-state index is 11.6. The van der Waals surface area contributed by atoms with Crippen molar-refractivity contribution in [2.24, 2.45) is 0 Å². The summed E-state index contributed by atoms with van der Waals surface area (Å²) in [6.45, 7) is -4.03. The van der Waals surface area contributed by atoms with Crippen LogP contribution in [0.5, 0.6) is 0 Å². The molecule has 0 aliphatic carbocycles. The summed E-state index contributed by atoms with van der Waals surface area (Å²) in [7, 11) is 0. The van der Waals surface area contributed by atoms with Gasteiger partial charge in [0, 0.05) is 6.07 Å². The van der Waals surface area contributed by atoms with E-state index in [2.05, 4.69) is 0 Å². The highest BCUT2D eigenvalue weighted by Gasteiger charge is 2.21. The third kappa shape index (κ3) is 2.15. The number of halogens is 2. The van der Waals surface area contributed by atoms with Gasteiger partial charge in [0.2, 0.25) is 0 Å². The third-order valence-electron chi connectivity index (χ3n) is 0.537. The predicted molar refractivity (Wildman–Crippen MR) is 24.0 cm³/mol. The van der Waals surface area contributed by atoms with Crippen LogP contribution in [-0.4, -0.2) is 6.70 Å². The Hall–Kier alpha value is -1.10. The van der Waals surface area contributed by atoms with E-state index in [1.807, 2.05) is 0 Å². The van der Waals surface area contributed by atoms with Gasteiger partial charge in [-0.2, -0.15) is 0 Å². The molecule has 0 saturated heterocycles. The Morgan fingerprint density at radius 3 is 2.00 bits per heavy atom. The molecule has 0 amide bonds. The van der Waals surface area contributed by atoms with Gasteiger partial charge in [-0.3, -0.25) is 0 Å². The van der Waals surface area contributed by atoms with Crippen molar-refractivity contribution in [3.05, 3.63) is 0 Å². The molecule has 5 heteroatoms. The Morgan fingerprint density at radius 1 is 1.38 bits per heavy atom. The van der Waals surface area contributed by atoms with Crippen molar-refractivity contribution in [3.63, 3.8) is 0 Å². The van der Waals surface area contributed by atoms with Crippen LogP contribution in [0.3, 0.4) is 0 Å². The lowest BCUT2D eigenvalue weighted by Crippen LogP contribution is -2.17. The SMILES string of the molecule is N#CC[B-](F)(F)C#N. The molecule has 0 radical (unpaired) electrons. The first-order valence-electron chi connectivity index (χ1n) is 1.93. The molecule has 0 fully saturated rings. The van der Waals surface area contributed by atoms with Crippen LogP contribution in [0.2, 0.25) is 6.32 Å². The molecule has 0 heterocycles. The molecule has 0 bridgehead atoms. The van der Waals surface area contributed by atoms with Crippen molar-refractivity contribution >= 4 is 6.70 Å². The average Bonchev–Trinajstić information content (AvgIpc) is 1.67. The molecule has 0 unspecified atom stereocenters. The fourth-order valence-electron chi connectivity index (χ4n) is 0.160. The molecule has 0 N–H and O–H groups in total. The highest BCUT2D eigenvalue weighted by atomic mass is 19.2. The minimum Gasteiger partial charge on any atom is -0.464 e. The first-order chi connectivity index (χ1) is 3.62. The van der Waals surface area contributed by atoms with Crippen LogP contribution in [0, 0.1) is 22.6 Å². The molecule has 42 valence electrons. The van der Waals surface area contributed by atoms with E-state index >= 15 is 0 Å². The first-order valence-corrected chi connectivity index (χ1v) is 1.93. The number of hydrogen-bond acceptors (Lipinski definition) is 2. The Labute approximate surface area is 45.3 Å². The number of rotatable bonds is 1. The summed E-state index contributed by atoms with van der Waals surface area (Å²) in [6.07, 6.45) is -0.962. The highest BCUT2D eigenvalue weighted by Crippen LogP contribution is 2.09. The van der Waals surface area contributed by atoms with Crippen LogP contribution in [0.25, 0.3) is 0 Å². The van der Waals surface area contributed by atoms with E-state index in [9.17, 15) is 8.63 Å². The van der Waals surface area contributed by atoms with Crippen LogP contribution in [0.4, 0.5) is 8.63 Å². The van der Waals surface area contributed by atoms with Crippen molar-refractivity contribution in [1.29, 1.82) is 10.5 Å². The van der Waals surface area contributed by atoms with E-state index in [0.717, 1.165) is 5.97 Å². The minimum atomic E-state index is -4.03. The normalized spacial score (nSPS) is 9.50. The number of hydrogen-bond donors (Lipinski definition) is 0. The Balaban J connectivity index is 3.82. The average molecular weight is 115 g/mol. The Kier molecular flexibility index (Phi) is 1.96. The van der Waals surface area contributed by atoms with Crippen molar-refractivity contribution in [2.75, 3.05) is 0 Å². The maximum Gasteiger partial charge on any atom is 0.417 e. The molecule has 0 spiro atoms. The summed E-state index contributed by atoms with van der Waals surface area (Å²) in [4.78, 5) is 0. The molecule has 0 aliphatic rings. The van der Waals surface area contributed by atoms with Gasteiger partial charge in [-0.15, -0.1) is 0 Å². The molecular weight excluding hydrogens is 113 g/mol.